The number of carboxylic acids is 1. The largest absolute Gasteiger partial charge is 0.490 e. The Morgan fingerprint density at radius 2 is 1.31 bits per heavy atom. The first kappa shape index (κ1) is 86.1. The number of imide groups is 1. The van der Waals surface area contributed by atoms with Gasteiger partial charge in [-0.2, -0.15) is 0 Å². The number of carbonyl (C=O) groups excluding carboxylic acids is 11. The molecule has 0 bridgehead atoms. The molecule has 0 radical (unpaired) electrons. The van der Waals surface area contributed by atoms with Crippen molar-refractivity contribution in [2.45, 2.75) is 200 Å². The molecule has 0 aliphatic carbocycles. The SMILES string of the molecule is C=CCOc1ccc(C[C@H](NC(=O)CCN2C(=O)C=CC2=O)C(=O)N[C@H](CC(C)C)C(=O)N[C@@H](CCC(=O)O)C(=O)Nc2ccc(COC(=O)N(C)[C@H](C(=O)N[C@H](C(=O)N(C)[C@@H]([C@@H](C)CC)[C@@H](CC(=O)N3CCC[C@H]3[C@H](OC)[C@@H](C)C(=O)N[C@H](C)[C@@H](O)c3ccccc3)OC)C(C)C)C(C)C)cc2)cc1. The predicted molar refractivity (Wildman–Crippen MR) is 392 cm³/mol. The number of hydrogen-bond donors (Lipinski definition) is 8. The molecule has 2 aliphatic heterocycles. The van der Waals surface area contributed by atoms with Crippen LogP contribution in [-0.4, -0.2) is 210 Å². The average Bonchev–Trinajstić information content (AvgIpc) is 1.71. The summed E-state index contributed by atoms with van der Waals surface area (Å²) in [7, 11) is 6.02. The molecule has 5 rings (SSSR count). The third-order valence-corrected chi connectivity index (χ3v) is 19.1. The first-order valence-corrected chi connectivity index (χ1v) is 36.0. The first-order valence-electron chi connectivity index (χ1n) is 36.0. The molecule has 105 heavy (non-hydrogen) atoms. The molecule has 1 saturated heterocycles. The van der Waals surface area contributed by atoms with Gasteiger partial charge in [-0.3, -0.25) is 62.5 Å². The number of aliphatic carboxylic acids is 1. The highest BCUT2D eigenvalue weighted by atomic mass is 16.6. The minimum atomic E-state index is -1.44. The maximum atomic E-state index is 14.9. The number of aliphatic hydroxyl groups is 1. The van der Waals surface area contributed by atoms with Crippen LogP contribution in [0.2, 0.25) is 0 Å². The zero-order chi connectivity index (χ0) is 77.9. The summed E-state index contributed by atoms with van der Waals surface area (Å²) < 4.78 is 23.3. The second-order valence-corrected chi connectivity index (χ2v) is 28.2. The second kappa shape index (κ2) is 41.8. The molecule has 28 heteroatoms. The van der Waals surface area contributed by atoms with E-state index < -0.39 is 150 Å². The van der Waals surface area contributed by atoms with Gasteiger partial charge in [0.15, 0.2) is 0 Å². The Bertz CT molecular complexity index is 3460. The van der Waals surface area contributed by atoms with Crippen molar-refractivity contribution in [3.8, 4) is 5.75 Å². The van der Waals surface area contributed by atoms with Gasteiger partial charge in [0.05, 0.1) is 48.8 Å². The smallest absolute Gasteiger partial charge is 0.410 e. The summed E-state index contributed by atoms with van der Waals surface area (Å²) >= 11 is 0. The van der Waals surface area contributed by atoms with E-state index in [1.165, 1.54) is 38.3 Å². The van der Waals surface area contributed by atoms with E-state index in [1.54, 1.807) is 122 Å². The summed E-state index contributed by atoms with van der Waals surface area (Å²) in [4.78, 5) is 169. The van der Waals surface area contributed by atoms with Crippen molar-refractivity contribution in [1.82, 2.24) is 46.2 Å². The number of likely N-dealkylation sites (tertiary alicyclic amines) is 1. The van der Waals surface area contributed by atoms with Crippen LogP contribution in [0.1, 0.15) is 143 Å². The van der Waals surface area contributed by atoms with Crippen molar-refractivity contribution >= 4 is 76.8 Å². The van der Waals surface area contributed by atoms with Crippen LogP contribution in [0.5, 0.6) is 5.75 Å². The Hall–Kier alpha value is -9.54. The van der Waals surface area contributed by atoms with Crippen molar-refractivity contribution in [2.24, 2.45) is 29.6 Å². The zero-order valence-corrected chi connectivity index (χ0v) is 63.1. The number of rotatable bonds is 42. The fraction of sp³-hybridized carbons (Fsp3) is 0.558. The number of likely N-dealkylation sites (N-methyl/N-ethyl adjacent to an activating group) is 2. The molecule has 8 N–H and O–H groups in total. The van der Waals surface area contributed by atoms with Gasteiger partial charge in [-0.05, 0) is 97.2 Å². The standard InChI is InChI=1S/C77H110N10O18/c1-16-40-104-55-31-27-51(28-32-55)42-58(80-61(88)37-39-87-62(89)34-35-63(87)90)74(98)82-57(41-45(3)4)73(97)81-56(33-36-65(92)93)72(96)79-54-29-25-52(26-30-54)44-105-77(101)85(13)67(47(7)8)75(99)83-66(46(5)6)76(100)84(12)68(48(9)17-2)60(102-14)43-64(91)86-38-21-24-59(86)70(103-15)49(10)71(95)78-50(11)69(94)53-22-19-18-20-23-53/h16,18-20,22-23,25-32,34-35,45-50,56-60,66-70,94H,1,17,21,24,33,36-44H2,2-15H3,(H,78,95)(H,79,96)(H,80,88)(H,81,97)(H,82,98)(H,83,99)(H,92,93)/t48-,49+,50+,56-,57+,58-,59-,60+,66-,67-,68-,69+,70+/m0/s1. The van der Waals surface area contributed by atoms with Gasteiger partial charge in [0, 0.05) is 78.5 Å². The van der Waals surface area contributed by atoms with Crippen LogP contribution >= 0.6 is 0 Å². The van der Waals surface area contributed by atoms with Gasteiger partial charge in [-0.1, -0.05) is 136 Å². The number of anilines is 1. The van der Waals surface area contributed by atoms with Crippen molar-refractivity contribution in [2.75, 3.05) is 53.3 Å². The second-order valence-electron chi connectivity index (χ2n) is 28.2. The Labute approximate surface area is 616 Å². The first-order chi connectivity index (χ1) is 49.7. The average molecular weight is 1460 g/mol. The molecule has 3 aromatic rings. The lowest BCUT2D eigenvalue weighted by Crippen LogP contribution is -2.60. The lowest BCUT2D eigenvalue weighted by atomic mass is 9.89. The molecule has 28 nitrogen and oxygen atoms in total. The molecule has 576 valence electrons. The summed E-state index contributed by atoms with van der Waals surface area (Å²) in [5.41, 5.74) is 1.93. The number of nitrogens with zero attached hydrogens (tertiary/aromatic N) is 4. The van der Waals surface area contributed by atoms with Gasteiger partial charge in [-0.15, -0.1) is 0 Å². The Morgan fingerprint density at radius 1 is 0.695 bits per heavy atom. The molecule has 0 spiro atoms. The molecular weight excluding hydrogens is 1350 g/mol. The number of ether oxygens (including phenoxy) is 4. The van der Waals surface area contributed by atoms with E-state index in [-0.39, 0.29) is 81.2 Å². The maximum Gasteiger partial charge on any atom is 0.410 e. The van der Waals surface area contributed by atoms with Crippen LogP contribution in [0.4, 0.5) is 10.5 Å². The number of amides is 11. The summed E-state index contributed by atoms with van der Waals surface area (Å²) in [6.07, 6.45) is 0.931. The van der Waals surface area contributed by atoms with Crippen LogP contribution in [0.3, 0.4) is 0 Å². The van der Waals surface area contributed by atoms with Gasteiger partial charge in [-0.25, -0.2) is 4.79 Å². The van der Waals surface area contributed by atoms with E-state index >= 15 is 0 Å². The molecule has 13 atom stereocenters. The van der Waals surface area contributed by atoms with Crippen LogP contribution in [0.25, 0.3) is 0 Å². The topological polar surface area (TPSA) is 367 Å². The van der Waals surface area contributed by atoms with Gasteiger partial charge < -0.3 is 70.9 Å². The van der Waals surface area contributed by atoms with Gasteiger partial charge >= 0.3 is 12.1 Å². The number of carbonyl (C=O) groups is 12. The van der Waals surface area contributed by atoms with Crippen molar-refractivity contribution < 1.29 is 86.7 Å². The summed E-state index contributed by atoms with van der Waals surface area (Å²) in [6.45, 7) is 21.8. The van der Waals surface area contributed by atoms with E-state index in [4.69, 9.17) is 18.9 Å². The monoisotopic (exact) mass is 1460 g/mol. The molecule has 0 unspecified atom stereocenters. The molecule has 2 aliphatic rings. The lowest BCUT2D eigenvalue weighted by molar-refractivity contribution is -0.148. The molecule has 1 fully saturated rings. The van der Waals surface area contributed by atoms with Gasteiger partial charge in [0.1, 0.15) is 49.2 Å². The Morgan fingerprint density at radius 3 is 1.89 bits per heavy atom. The van der Waals surface area contributed by atoms with Crippen LogP contribution in [0, 0.1) is 29.6 Å². The Kier molecular flexibility index (Phi) is 34.3. The number of methoxy groups -OCH3 is 2. The number of nitrogens with one attached hydrogen (secondary N) is 6. The van der Waals surface area contributed by atoms with Gasteiger partial charge in [0.2, 0.25) is 47.3 Å². The predicted octanol–water partition coefficient (Wildman–Crippen LogP) is 6.01. The molecular formula is C77H110N10O18. The Balaban J connectivity index is 1.22. The quantitative estimate of drug-likeness (QED) is 0.0238. The third kappa shape index (κ3) is 25.4. The third-order valence-electron chi connectivity index (χ3n) is 19.1. The van der Waals surface area contributed by atoms with E-state index in [0.717, 1.165) is 22.0 Å². The molecule has 0 saturated carbocycles. The maximum absolute atomic E-state index is 14.9. The number of hydrogen-bond acceptors (Lipinski definition) is 17. The minimum Gasteiger partial charge on any atom is -0.490 e. The number of benzene rings is 3. The highest BCUT2D eigenvalue weighted by Gasteiger charge is 2.44. The molecule has 0 aromatic heterocycles. The van der Waals surface area contributed by atoms with E-state index in [0.29, 0.717) is 48.2 Å². The highest BCUT2D eigenvalue weighted by Crippen LogP contribution is 2.31. The summed E-state index contributed by atoms with van der Waals surface area (Å²) in [5.74, 6) is -8.68. The van der Waals surface area contributed by atoms with Gasteiger partial charge in [0.25, 0.3) is 11.8 Å². The fourth-order valence-corrected chi connectivity index (χ4v) is 13.1. The summed E-state index contributed by atoms with van der Waals surface area (Å²) in [6, 6.07) is 13.9. The highest BCUT2D eigenvalue weighted by molar-refractivity contribution is 6.13. The molecule has 11 amide bonds. The fourth-order valence-electron chi connectivity index (χ4n) is 13.1. The van der Waals surface area contributed by atoms with Crippen LogP contribution in [0.15, 0.2) is 104 Å². The minimum absolute atomic E-state index is 0.0509. The summed E-state index contributed by atoms with van der Waals surface area (Å²) in [5, 5.41) is 37.2. The van der Waals surface area contributed by atoms with Crippen LogP contribution in [-0.2, 0) is 80.0 Å². The number of aliphatic hydroxyl groups excluding tert-OH is 1. The van der Waals surface area contributed by atoms with E-state index in [9.17, 15) is 67.7 Å². The zero-order valence-electron chi connectivity index (χ0n) is 63.1. The van der Waals surface area contributed by atoms with E-state index in [1.807, 2.05) is 32.0 Å². The van der Waals surface area contributed by atoms with E-state index in [2.05, 4.69) is 38.5 Å². The molecule has 2 heterocycles. The van der Waals surface area contributed by atoms with Crippen molar-refractivity contribution in [3.63, 3.8) is 0 Å². The van der Waals surface area contributed by atoms with Crippen molar-refractivity contribution in [3.05, 3.63) is 120 Å². The molecule has 3 aromatic carbocycles. The van der Waals surface area contributed by atoms with Crippen molar-refractivity contribution in [1.29, 1.82) is 0 Å². The lowest BCUT2D eigenvalue weighted by Gasteiger charge is -2.41. The van der Waals surface area contributed by atoms with Crippen LogP contribution < -0.4 is 36.6 Å². The number of carboxylic acid groups (broad SMARTS) is 1. The normalized spacial score (nSPS) is 17.0.